The third-order valence-electron chi connectivity index (χ3n) is 6.90. The molecule has 0 atom stereocenters. The Morgan fingerprint density at radius 3 is 2.46 bits per heavy atom. The molecule has 0 unspecified atom stereocenters. The summed E-state index contributed by atoms with van der Waals surface area (Å²) < 4.78 is 26.1. The Bertz CT molecular complexity index is 1890. The minimum absolute atomic E-state index is 0.178. The molecule has 0 saturated heterocycles. The van der Waals surface area contributed by atoms with Gasteiger partial charge in [0.1, 0.15) is 11.5 Å². The van der Waals surface area contributed by atoms with Crippen LogP contribution in [0.15, 0.2) is 90.1 Å². The smallest absolute Gasteiger partial charge is 0.251 e. The molecule has 206 valence electrons. The number of hydrogen-bond acceptors (Lipinski definition) is 6. The predicted molar refractivity (Wildman–Crippen MR) is 160 cm³/mol. The molecule has 7 nitrogen and oxygen atoms in total. The molecule has 0 spiro atoms. The van der Waals surface area contributed by atoms with Crippen LogP contribution in [0.3, 0.4) is 0 Å². The molecule has 0 bridgehead atoms. The summed E-state index contributed by atoms with van der Waals surface area (Å²) in [5.74, 6) is 1.49. The quantitative estimate of drug-likeness (QED) is 0.160. The lowest BCUT2D eigenvalue weighted by Gasteiger charge is -2.11. The van der Waals surface area contributed by atoms with Gasteiger partial charge in [-0.15, -0.1) is 0 Å². The second-order valence-corrected chi connectivity index (χ2v) is 10.4. The van der Waals surface area contributed by atoms with Crippen molar-refractivity contribution in [1.29, 1.82) is 0 Å². The number of rotatable bonds is 9. The van der Waals surface area contributed by atoms with E-state index >= 15 is 0 Å². The van der Waals surface area contributed by atoms with Crippen LogP contribution >= 0.6 is 11.8 Å². The first-order valence-corrected chi connectivity index (χ1v) is 14.1. The van der Waals surface area contributed by atoms with Gasteiger partial charge in [0.2, 0.25) is 0 Å². The molecule has 0 aliphatic carbocycles. The molecule has 6 rings (SSSR count). The fourth-order valence-corrected chi connectivity index (χ4v) is 5.76. The summed E-state index contributed by atoms with van der Waals surface area (Å²) in [6.45, 7) is 0.462. The number of ether oxygens (including phenoxy) is 2. The van der Waals surface area contributed by atoms with Crippen LogP contribution in [0, 0.1) is 5.82 Å². The first kappa shape index (κ1) is 26.6. The van der Waals surface area contributed by atoms with E-state index < -0.39 is 0 Å². The highest BCUT2D eigenvalue weighted by Gasteiger charge is 2.16. The number of nitrogens with zero attached hydrogens (tertiary/aromatic N) is 3. The van der Waals surface area contributed by atoms with Gasteiger partial charge in [-0.05, 0) is 72.1 Å². The lowest BCUT2D eigenvalue weighted by Crippen LogP contribution is -2.25. The van der Waals surface area contributed by atoms with E-state index in [0.717, 1.165) is 38.4 Å². The molecule has 0 fully saturated rings. The number of nitrogens with one attached hydrogen (secondary N) is 1. The van der Waals surface area contributed by atoms with Gasteiger partial charge < -0.3 is 14.8 Å². The van der Waals surface area contributed by atoms with Crippen molar-refractivity contribution in [3.63, 3.8) is 0 Å². The number of halogens is 1. The van der Waals surface area contributed by atoms with Gasteiger partial charge in [0.15, 0.2) is 16.7 Å². The Labute approximate surface area is 240 Å². The Morgan fingerprint density at radius 1 is 0.878 bits per heavy atom. The third-order valence-corrected chi connectivity index (χ3v) is 7.91. The maximum absolute atomic E-state index is 13.4. The molecule has 0 aliphatic rings. The van der Waals surface area contributed by atoms with E-state index in [0.29, 0.717) is 41.3 Å². The van der Waals surface area contributed by atoms with E-state index in [-0.39, 0.29) is 11.7 Å². The summed E-state index contributed by atoms with van der Waals surface area (Å²) in [6.07, 6.45) is 0.642. The SMILES string of the molecule is COc1ccc(CCNC(=O)c2ccc3c(c2)nc(SCc2ccc(F)cc2)n2c4ccccc4nc32)cc1OC. The second-order valence-electron chi connectivity index (χ2n) is 9.50. The summed E-state index contributed by atoms with van der Waals surface area (Å²) in [5, 5.41) is 4.61. The largest absolute Gasteiger partial charge is 0.493 e. The summed E-state index contributed by atoms with van der Waals surface area (Å²) in [6, 6.07) is 25.6. The Morgan fingerprint density at radius 2 is 1.66 bits per heavy atom. The van der Waals surface area contributed by atoms with Gasteiger partial charge in [-0.2, -0.15) is 0 Å². The number of carbonyl (C=O) groups is 1. The molecule has 0 saturated carbocycles. The van der Waals surface area contributed by atoms with Crippen molar-refractivity contribution in [2.75, 3.05) is 20.8 Å². The van der Waals surface area contributed by atoms with Crippen molar-refractivity contribution in [2.24, 2.45) is 0 Å². The summed E-state index contributed by atoms with van der Waals surface area (Å²) in [7, 11) is 3.20. The number of fused-ring (bicyclic) bond motifs is 5. The normalized spacial score (nSPS) is 11.3. The van der Waals surface area contributed by atoms with Crippen molar-refractivity contribution in [3.8, 4) is 11.5 Å². The fraction of sp³-hybridized carbons (Fsp3) is 0.156. The number of para-hydroxylation sites is 2. The number of imidazole rings is 1. The zero-order chi connectivity index (χ0) is 28.3. The number of amides is 1. The molecule has 1 N–H and O–H groups in total. The monoisotopic (exact) mass is 566 g/mol. The van der Waals surface area contributed by atoms with Crippen molar-refractivity contribution in [1.82, 2.24) is 19.7 Å². The Hall–Kier alpha value is -4.63. The lowest BCUT2D eigenvalue weighted by molar-refractivity contribution is 0.0954. The molecule has 2 heterocycles. The van der Waals surface area contributed by atoms with Gasteiger partial charge in [0, 0.05) is 23.2 Å². The van der Waals surface area contributed by atoms with E-state index in [1.807, 2.05) is 54.6 Å². The maximum atomic E-state index is 13.4. The molecular formula is C32H27FN4O3S. The number of thioether (sulfide) groups is 1. The van der Waals surface area contributed by atoms with E-state index in [9.17, 15) is 9.18 Å². The fourth-order valence-electron chi connectivity index (χ4n) is 4.79. The molecule has 9 heteroatoms. The first-order chi connectivity index (χ1) is 20.0. The molecule has 4 aromatic carbocycles. The van der Waals surface area contributed by atoms with Crippen LogP contribution in [0.25, 0.3) is 27.6 Å². The molecule has 2 aromatic heterocycles. The second kappa shape index (κ2) is 11.5. The van der Waals surface area contributed by atoms with Crippen LogP contribution in [0.1, 0.15) is 21.5 Å². The molecule has 0 radical (unpaired) electrons. The van der Waals surface area contributed by atoms with E-state index in [1.165, 1.54) is 12.1 Å². The summed E-state index contributed by atoms with van der Waals surface area (Å²) in [4.78, 5) is 23.0. The van der Waals surface area contributed by atoms with Crippen molar-refractivity contribution < 1.29 is 18.7 Å². The molecule has 41 heavy (non-hydrogen) atoms. The highest BCUT2D eigenvalue weighted by molar-refractivity contribution is 7.98. The standard InChI is InChI=1S/C32H27FN4O3S/c1-39-28-14-9-20(17-29(28)40-2)15-16-34-31(38)22-10-13-24-26(18-22)36-32(41-19-21-7-11-23(33)12-8-21)37-27-6-4-3-5-25(27)35-30(24)37/h3-14,17-18H,15-16,19H2,1-2H3,(H,34,38). The van der Waals surface area contributed by atoms with Crippen molar-refractivity contribution >= 4 is 45.3 Å². The summed E-state index contributed by atoms with van der Waals surface area (Å²) >= 11 is 1.54. The maximum Gasteiger partial charge on any atom is 0.251 e. The highest BCUT2D eigenvalue weighted by atomic mass is 32.2. The van der Waals surface area contributed by atoms with E-state index in [4.69, 9.17) is 19.4 Å². The number of aromatic nitrogens is 3. The number of carbonyl (C=O) groups excluding carboxylic acids is 1. The van der Waals surface area contributed by atoms with E-state index in [2.05, 4.69) is 9.72 Å². The van der Waals surface area contributed by atoms with Crippen LogP contribution in [0.2, 0.25) is 0 Å². The zero-order valence-corrected chi connectivity index (χ0v) is 23.4. The molecule has 0 aliphatic heterocycles. The van der Waals surface area contributed by atoms with Gasteiger partial charge >= 0.3 is 0 Å². The van der Waals surface area contributed by atoms with Crippen LogP contribution in [-0.4, -0.2) is 41.0 Å². The molecule has 6 aromatic rings. The third kappa shape index (κ3) is 5.40. The van der Waals surface area contributed by atoms with Gasteiger partial charge in [0.25, 0.3) is 5.91 Å². The number of methoxy groups -OCH3 is 2. The van der Waals surface area contributed by atoms with Crippen LogP contribution in [0.5, 0.6) is 11.5 Å². The van der Waals surface area contributed by atoms with Crippen molar-refractivity contribution in [3.05, 3.63) is 107 Å². The Balaban J connectivity index is 1.28. The van der Waals surface area contributed by atoms with Gasteiger partial charge in [-0.25, -0.2) is 14.4 Å². The van der Waals surface area contributed by atoms with Crippen LogP contribution in [-0.2, 0) is 12.2 Å². The van der Waals surface area contributed by atoms with Gasteiger partial charge in [-0.1, -0.05) is 42.1 Å². The summed E-state index contributed by atoms with van der Waals surface area (Å²) in [5.41, 5.74) is 5.81. The topological polar surface area (TPSA) is 77.8 Å². The van der Waals surface area contributed by atoms with Gasteiger partial charge in [0.05, 0.1) is 30.8 Å². The highest BCUT2D eigenvalue weighted by Crippen LogP contribution is 2.31. The first-order valence-electron chi connectivity index (χ1n) is 13.1. The molecule has 1 amide bonds. The Kier molecular flexibility index (Phi) is 7.43. The average molecular weight is 567 g/mol. The van der Waals surface area contributed by atoms with Gasteiger partial charge in [-0.3, -0.25) is 9.20 Å². The minimum Gasteiger partial charge on any atom is -0.493 e. The van der Waals surface area contributed by atoms with Crippen molar-refractivity contribution in [2.45, 2.75) is 17.3 Å². The zero-order valence-electron chi connectivity index (χ0n) is 22.6. The van der Waals surface area contributed by atoms with Crippen LogP contribution < -0.4 is 14.8 Å². The minimum atomic E-state index is -0.264. The average Bonchev–Trinajstić information content (AvgIpc) is 3.40. The lowest BCUT2D eigenvalue weighted by atomic mass is 10.1. The molecular weight excluding hydrogens is 539 g/mol. The number of hydrogen-bond donors (Lipinski definition) is 1. The van der Waals surface area contributed by atoms with E-state index in [1.54, 1.807) is 44.2 Å². The number of benzene rings is 4. The van der Waals surface area contributed by atoms with Crippen LogP contribution in [0.4, 0.5) is 4.39 Å². The predicted octanol–water partition coefficient (Wildman–Crippen LogP) is 6.46.